The standard InChI is InChI=1S/C7H15N3S/c1-2-9-3-5-10(6-4-9)7(8)11/h2-6H2,1H3,(H2,8,11). The van der Waals surface area contributed by atoms with Crippen molar-refractivity contribution in [3.63, 3.8) is 0 Å². The van der Waals surface area contributed by atoms with E-state index in [1.807, 2.05) is 0 Å². The molecule has 1 aliphatic heterocycles. The normalized spacial score (nSPS) is 20.3. The van der Waals surface area contributed by atoms with Crippen LogP contribution in [-0.2, 0) is 0 Å². The third-order valence-electron chi connectivity index (χ3n) is 2.13. The Morgan fingerprint density at radius 1 is 1.36 bits per heavy atom. The summed E-state index contributed by atoms with van der Waals surface area (Å²) < 4.78 is 0. The zero-order valence-corrected chi connectivity index (χ0v) is 7.73. The summed E-state index contributed by atoms with van der Waals surface area (Å²) in [6, 6.07) is 0. The predicted molar refractivity (Wildman–Crippen MR) is 50.5 cm³/mol. The summed E-state index contributed by atoms with van der Waals surface area (Å²) in [5, 5.41) is 0.542. The molecule has 0 spiro atoms. The highest BCUT2D eigenvalue weighted by atomic mass is 32.1. The number of thiocarbonyl (C=S) groups is 1. The molecule has 0 aromatic carbocycles. The molecule has 1 saturated heterocycles. The summed E-state index contributed by atoms with van der Waals surface area (Å²) in [4.78, 5) is 4.45. The van der Waals surface area contributed by atoms with Crippen molar-refractivity contribution in [3.8, 4) is 0 Å². The minimum absolute atomic E-state index is 0.542. The maximum absolute atomic E-state index is 5.49. The zero-order chi connectivity index (χ0) is 8.27. The first-order valence-electron chi connectivity index (χ1n) is 4.00. The molecule has 0 unspecified atom stereocenters. The average Bonchev–Trinajstić information content (AvgIpc) is 2.05. The first-order chi connectivity index (χ1) is 5.24. The minimum atomic E-state index is 0.542. The molecule has 11 heavy (non-hydrogen) atoms. The second-order valence-electron chi connectivity index (χ2n) is 2.76. The van der Waals surface area contributed by atoms with Crippen molar-refractivity contribution in [1.29, 1.82) is 0 Å². The Morgan fingerprint density at radius 2 is 1.91 bits per heavy atom. The average molecular weight is 173 g/mol. The molecule has 0 aromatic rings. The van der Waals surface area contributed by atoms with Gasteiger partial charge >= 0.3 is 0 Å². The summed E-state index contributed by atoms with van der Waals surface area (Å²) in [7, 11) is 0. The van der Waals surface area contributed by atoms with Gasteiger partial charge in [0.05, 0.1) is 0 Å². The highest BCUT2D eigenvalue weighted by Crippen LogP contribution is 1.99. The lowest BCUT2D eigenvalue weighted by molar-refractivity contribution is 0.191. The Kier molecular flexibility index (Phi) is 3.08. The Bertz CT molecular complexity index is 141. The Labute approximate surface area is 73.1 Å². The topological polar surface area (TPSA) is 32.5 Å². The van der Waals surface area contributed by atoms with Crippen molar-refractivity contribution >= 4 is 17.3 Å². The number of nitrogens with two attached hydrogens (primary N) is 1. The first kappa shape index (κ1) is 8.74. The van der Waals surface area contributed by atoms with E-state index >= 15 is 0 Å². The van der Waals surface area contributed by atoms with Gasteiger partial charge in [-0.1, -0.05) is 6.92 Å². The van der Waals surface area contributed by atoms with Crippen molar-refractivity contribution < 1.29 is 0 Å². The van der Waals surface area contributed by atoms with Crippen molar-refractivity contribution in [1.82, 2.24) is 9.80 Å². The van der Waals surface area contributed by atoms with E-state index in [0.29, 0.717) is 5.11 Å². The van der Waals surface area contributed by atoms with Crippen LogP contribution in [0.4, 0.5) is 0 Å². The van der Waals surface area contributed by atoms with Crippen LogP contribution in [0.5, 0.6) is 0 Å². The van der Waals surface area contributed by atoms with Crippen LogP contribution in [0, 0.1) is 0 Å². The van der Waals surface area contributed by atoms with Gasteiger partial charge in [0, 0.05) is 26.2 Å². The van der Waals surface area contributed by atoms with Gasteiger partial charge in [-0.05, 0) is 18.8 Å². The summed E-state index contributed by atoms with van der Waals surface area (Å²) in [6.45, 7) is 7.47. The summed E-state index contributed by atoms with van der Waals surface area (Å²) >= 11 is 4.88. The fourth-order valence-corrected chi connectivity index (χ4v) is 1.47. The molecule has 1 rings (SSSR count). The molecule has 2 N–H and O–H groups in total. The van der Waals surface area contributed by atoms with Crippen LogP contribution in [0.2, 0.25) is 0 Å². The molecule has 64 valence electrons. The lowest BCUT2D eigenvalue weighted by atomic mass is 10.3. The summed E-state index contributed by atoms with van der Waals surface area (Å²) in [5.74, 6) is 0. The molecule has 0 aromatic heterocycles. The van der Waals surface area contributed by atoms with E-state index in [-0.39, 0.29) is 0 Å². The third kappa shape index (κ3) is 2.31. The highest BCUT2D eigenvalue weighted by Gasteiger charge is 2.15. The summed E-state index contributed by atoms with van der Waals surface area (Å²) in [6.07, 6.45) is 0. The number of rotatable bonds is 1. The van der Waals surface area contributed by atoms with Gasteiger partial charge in [-0.3, -0.25) is 0 Å². The molecule has 1 aliphatic rings. The van der Waals surface area contributed by atoms with E-state index in [2.05, 4.69) is 16.7 Å². The Hall–Kier alpha value is -0.350. The van der Waals surface area contributed by atoms with Crippen LogP contribution in [0.25, 0.3) is 0 Å². The molecule has 0 atom stereocenters. The fourth-order valence-electron chi connectivity index (χ4n) is 1.28. The Morgan fingerprint density at radius 3 is 2.27 bits per heavy atom. The van der Waals surface area contributed by atoms with Crippen LogP contribution >= 0.6 is 12.2 Å². The van der Waals surface area contributed by atoms with Gasteiger partial charge in [-0.25, -0.2) is 0 Å². The molecule has 4 heteroatoms. The van der Waals surface area contributed by atoms with Crippen LogP contribution in [-0.4, -0.2) is 47.6 Å². The van der Waals surface area contributed by atoms with Gasteiger partial charge in [0.1, 0.15) is 0 Å². The number of hydrogen-bond acceptors (Lipinski definition) is 2. The van der Waals surface area contributed by atoms with Crippen LogP contribution in [0.15, 0.2) is 0 Å². The van der Waals surface area contributed by atoms with Crippen molar-refractivity contribution in [2.24, 2.45) is 5.73 Å². The quantitative estimate of drug-likeness (QED) is 0.560. The van der Waals surface area contributed by atoms with Crippen molar-refractivity contribution in [2.45, 2.75) is 6.92 Å². The van der Waals surface area contributed by atoms with Gasteiger partial charge in [-0.15, -0.1) is 0 Å². The highest BCUT2D eigenvalue weighted by molar-refractivity contribution is 7.80. The minimum Gasteiger partial charge on any atom is -0.376 e. The van der Waals surface area contributed by atoms with Gasteiger partial charge in [0.25, 0.3) is 0 Å². The zero-order valence-electron chi connectivity index (χ0n) is 6.92. The SMILES string of the molecule is CCN1CCN(C(N)=S)CC1. The Balaban J connectivity index is 2.30. The molecule has 1 fully saturated rings. The molecule has 0 amide bonds. The van der Waals surface area contributed by atoms with Gasteiger partial charge in [0.2, 0.25) is 0 Å². The van der Waals surface area contributed by atoms with Crippen LogP contribution in [0.3, 0.4) is 0 Å². The van der Waals surface area contributed by atoms with E-state index in [1.54, 1.807) is 0 Å². The maximum atomic E-state index is 5.49. The molecular formula is C7H15N3S. The molecule has 0 radical (unpaired) electrons. The van der Waals surface area contributed by atoms with E-state index in [4.69, 9.17) is 18.0 Å². The predicted octanol–water partition coefficient (Wildman–Crippen LogP) is -0.133. The number of piperazine rings is 1. The monoisotopic (exact) mass is 173 g/mol. The van der Waals surface area contributed by atoms with E-state index in [1.165, 1.54) is 0 Å². The second kappa shape index (κ2) is 3.88. The van der Waals surface area contributed by atoms with Gasteiger partial charge in [0.15, 0.2) is 5.11 Å². The van der Waals surface area contributed by atoms with Gasteiger partial charge < -0.3 is 15.5 Å². The molecular weight excluding hydrogens is 158 g/mol. The van der Waals surface area contributed by atoms with Crippen LogP contribution in [0.1, 0.15) is 6.92 Å². The summed E-state index contributed by atoms with van der Waals surface area (Å²) in [5.41, 5.74) is 5.49. The number of hydrogen-bond donors (Lipinski definition) is 1. The largest absolute Gasteiger partial charge is 0.376 e. The molecule has 1 heterocycles. The lowest BCUT2D eigenvalue weighted by Gasteiger charge is -2.34. The van der Waals surface area contributed by atoms with Crippen molar-refractivity contribution in [2.75, 3.05) is 32.7 Å². The number of nitrogens with zero attached hydrogens (tertiary/aromatic N) is 2. The van der Waals surface area contributed by atoms with E-state index in [0.717, 1.165) is 32.7 Å². The van der Waals surface area contributed by atoms with E-state index < -0.39 is 0 Å². The first-order valence-corrected chi connectivity index (χ1v) is 4.41. The molecule has 3 nitrogen and oxygen atoms in total. The molecule has 0 bridgehead atoms. The fraction of sp³-hybridized carbons (Fsp3) is 0.857. The lowest BCUT2D eigenvalue weighted by Crippen LogP contribution is -2.50. The van der Waals surface area contributed by atoms with Crippen molar-refractivity contribution in [3.05, 3.63) is 0 Å². The van der Waals surface area contributed by atoms with Gasteiger partial charge in [-0.2, -0.15) is 0 Å². The van der Waals surface area contributed by atoms with E-state index in [9.17, 15) is 0 Å². The number of likely N-dealkylation sites (N-methyl/N-ethyl adjacent to an activating group) is 1. The smallest absolute Gasteiger partial charge is 0.166 e. The maximum Gasteiger partial charge on any atom is 0.166 e. The third-order valence-corrected chi connectivity index (χ3v) is 2.39. The second-order valence-corrected chi connectivity index (χ2v) is 3.18. The van der Waals surface area contributed by atoms with Crippen LogP contribution < -0.4 is 5.73 Å². The molecule has 0 aliphatic carbocycles. The molecule has 0 saturated carbocycles.